The summed E-state index contributed by atoms with van der Waals surface area (Å²) in [6.07, 6.45) is 4.28. The molecule has 3 aromatic rings. The van der Waals surface area contributed by atoms with Crippen LogP contribution in [0.15, 0.2) is 41.0 Å². The number of anilines is 2. The Hall–Kier alpha value is -2.86. The summed E-state index contributed by atoms with van der Waals surface area (Å²) in [5.41, 5.74) is 4.49. The summed E-state index contributed by atoms with van der Waals surface area (Å²) in [4.78, 5) is 27.1. The van der Waals surface area contributed by atoms with Crippen LogP contribution in [-0.4, -0.2) is 11.8 Å². The van der Waals surface area contributed by atoms with Crippen LogP contribution in [0.4, 0.5) is 10.7 Å². The summed E-state index contributed by atoms with van der Waals surface area (Å²) < 4.78 is 5.21. The number of furan rings is 1. The fraction of sp³-hybridized carbons (Fsp3) is 0.304. The largest absolute Gasteiger partial charge is 0.459 e. The Kier molecular flexibility index (Phi) is 5.28. The van der Waals surface area contributed by atoms with Crippen molar-refractivity contribution in [2.45, 2.75) is 40.0 Å². The zero-order valence-corrected chi connectivity index (χ0v) is 17.6. The van der Waals surface area contributed by atoms with E-state index in [2.05, 4.69) is 17.6 Å². The van der Waals surface area contributed by atoms with Gasteiger partial charge in [0.2, 0.25) is 0 Å². The van der Waals surface area contributed by atoms with Crippen LogP contribution in [0.3, 0.4) is 0 Å². The highest BCUT2D eigenvalue weighted by molar-refractivity contribution is 7.17. The van der Waals surface area contributed by atoms with Crippen molar-refractivity contribution in [1.82, 2.24) is 0 Å². The van der Waals surface area contributed by atoms with Crippen molar-refractivity contribution in [3.8, 4) is 0 Å². The first-order valence-electron chi connectivity index (χ1n) is 9.81. The quantitative estimate of drug-likeness (QED) is 0.591. The first-order valence-corrected chi connectivity index (χ1v) is 10.6. The van der Waals surface area contributed by atoms with E-state index in [1.165, 1.54) is 22.5 Å². The van der Waals surface area contributed by atoms with Crippen LogP contribution < -0.4 is 10.6 Å². The minimum Gasteiger partial charge on any atom is -0.459 e. The number of carbonyl (C=O) groups excluding carboxylic acids is 2. The van der Waals surface area contributed by atoms with Crippen LogP contribution in [0, 0.1) is 19.8 Å². The molecule has 4 rings (SSSR count). The maximum Gasteiger partial charge on any atom is 0.291 e. The lowest BCUT2D eigenvalue weighted by Crippen LogP contribution is -2.20. The average molecular weight is 409 g/mol. The van der Waals surface area contributed by atoms with Crippen molar-refractivity contribution in [2.24, 2.45) is 5.92 Å². The molecule has 2 amide bonds. The smallest absolute Gasteiger partial charge is 0.291 e. The third-order valence-electron chi connectivity index (χ3n) is 5.43. The first kappa shape index (κ1) is 19.5. The normalized spacial score (nSPS) is 15.6. The second-order valence-electron chi connectivity index (χ2n) is 7.71. The van der Waals surface area contributed by atoms with Crippen LogP contribution in [0.25, 0.3) is 0 Å². The van der Waals surface area contributed by atoms with Gasteiger partial charge >= 0.3 is 0 Å². The predicted octanol–water partition coefficient (Wildman–Crippen LogP) is 5.59. The van der Waals surface area contributed by atoms with Crippen molar-refractivity contribution < 1.29 is 14.0 Å². The molecule has 0 radical (unpaired) electrons. The molecule has 1 aromatic carbocycles. The molecule has 0 saturated heterocycles. The fourth-order valence-electron chi connectivity index (χ4n) is 3.84. The molecule has 0 fully saturated rings. The number of carbonyl (C=O) groups is 2. The van der Waals surface area contributed by atoms with E-state index in [1.807, 2.05) is 32.0 Å². The molecule has 2 heterocycles. The molecule has 0 aliphatic heterocycles. The van der Waals surface area contributed by atoms with Gasteiger partial charge < -0.3 is 15.1 Å². The number of fused-ring (bicyclic) bond motifs is 1. The van der Waals surface area contributed by atoms with Crippen molar-refractivity contribution >= 4 is 33.8 Å². The number of para-hydroxylation sites is 1. The maximum atomic E-state index is 13.3. The molecule has 0 bridgehead atoms. The SMILES string of the molecule is Cc1cccc(C)c1NC(=O)c1c(NC(=O)c2ccco2)sc2c1CC[C@@H](C)C2. The molecule has 5 nitrogen and oxygen atoms in total. The lowest BCUT2D eigenvalue weighted by molar-refractivity contribution is 0.0997. The van der Waals surface area contributed by atoms with Crippen LogP contribution in [0.5, 0.6) is 0 Å². The van der Waals surface area contributed by atoms with Crippen LogP contribution >= 0.6 is 11.3 Å². The van der Waals surface area contributed by atoms with Gasteiger partial charge in [-0.3, -0.25) is 9.59 Å². The highest BCUT2D eigenvalue weighted by Crippen LogP contribution is 2.40. The van der Waals surface area contributed by atoms with Gasteiger partial charge in [0.1, 0.15) is 5.00 Å². The Labute approximate surface area is 174 Å². The van der Waals surface area contributed by atoms with E-state index in [9.17, 15) is 9.59 Å². The van der Waals surface area contributed by atoms with E-state index in [0.29, 0.717) is 16.5 Å². The summed E-state index contributed by atoms with van der Waals surface area (Å²) in [6, 6.07) is 9.22. The molecule has 0 spiro atoms. The van der Waals surface area contributed by atoms with Gasteiger partial charge in [-0.05, 0) is 67.9 Å². The second kappa shape index (κ2) is 7.87. The van der Waals surface area contributed by atoms with Crippen molar-refractivity contribution in [1.29, 1.82) is 0 Å². The van der Waals surface area contributed by atoms with Crippen molar-refractivity contribution in [2.75, 3.05) is 10.6 Å². The topological polar surface area (TPSA) is 71.3 Å². The fourth-order valence-corrected chi connectivity index (χ4v) is 5.24. The lowest BCUT2D eigenvalue weighted by atomic mass is 9.88. The molecular formula is C23H24N2O3S. The second-order valence-corrected chi connectivity index (χ2v) is 8.81. The molecular weight excluding hydrogens is 384 g/mol. The number of amides is 2. The monoisotopic (exact) mass is 408 g/mol. The van der Waals surface area contributed by atoms with Gasteiger partial charge in [0, 0.05) is 10.6 Å². The van der Waals surface area contributed by atoms with Gasteiger partial charge in [-0.2, -0.15) is 0 Å². The van der Waals surface area contributed by atoms with E-state index in [1.54, 1.807) is 12.1 Å². The third kappa shape index (κ3) is 3.85. The Morgan fingerprint density at radius 2 is 1.83 bits per heavy atom. The number of hydrogen-bond donors (Lipinski definition) is 2. The Bertz CT molecular complexity index is 1050. The van der Waals surface area contributed by atoms with E-state index < -0.39 is 0 Å². The van der Waals surface area contributed by atoms with Crippen LogP contribution in [-0.2, 0) is 12.8 Å². The summed E-state index contributed by atoms with van der Waals surface area (Å²) >= 11 is 1.50. The molecule has 1 aliphatic carbocycles. The summed E-state index contributed by atoms with van der Waals surface area (Å²) in [6.45, 7) is 6.18. The maximum absolute atomic E-state index is 13.3. The number of rotatable bonds is 4. The third-order valence-corrected chi connectivity index (χ3v) is 6.60. The van der Waals surface area contributed by atoms with Gasteiger partial charge in [0.15, 0.2) is 5.76 Å². The molecule has 29 heavy (non-hydrogen) atoms. The van der Waals surface area contributed by atoms with E-state index in [-0.39, 0.29) is 17.6 Å². The molecule has 0 unspecified atom stereocenters. The number of benzene rings is 1. The minimum absolute atomic E-state index is 0.177. The zero-order chi connectivity index (χ0) is 20.5. The van der Waals surface area contributed by atoms with Gasteiger partial charge in [-0.25, -0.2) is 0 Å². The number of nitrogens with one attached hydrogen (secondary N) is 2. The number of aryl methyl sites for hydroxylation is 2. The van der Waals surface area contributed by atoms with Crippen molar-refractivity contribution in [3.05, 3.63) is 69.5 Å². The van der Waals surface area contributed by atoms with E-state index in [4.69, 9.17) is 4.42 Å². The zero-order valence-electron chi connectivity index (χ0n) is 16.8. The first-order chi connectivity index (χ1) is 13.9. The van der Waals surface area contributed by atoms with Gasteiger partial charge in [-0.1, -0.05) is 25.1 Å². The van der Waals surface area contributed by atoms with E-state index in [0.717, 1.165) is 41.6 Å². The van der Waals surface area contributed by atoms with E-state index >= 15 is 0 Å². The summed E-state index contributed by atoms with van der Waals surface area (Å²) in [7, 11) is 0. The van der Waals surface area contributed by atoms with Gasteiger partial charge in [-0.15, -0.1) is 11.3 Å². The molecule has 6 heteroatoms. The molecule has 1 aliphatic rings. The molecule has 150 valence electrons. The van der Waals surface area contributed by atoms with Crippen molar-refractivity contribution in [3.63, 3.8) is 0 Å². The van der Waals surface area contributed by atoms with Crippen LogP contribution in [0.1, 0.15) is 55.8 Å². The van der Waals surface area contributed by atoms with Crippen LogP contribution in [0.2, 0.25) is 0 Å². The molecule has 0 saturated carbocycles. The number of hydrogen-bond acceptors (Lipinski definition) is 4. The highest BCUT2D eigenvalue weighted by Gasteiger charge is 2.29. The summed E-state index contributed by atoms with van der Waals surface area (Å²) in [5.74, 6) is 0.280. The molecule has 1 atom stereocenters. The standard InChI is InChI=1S/C23H24N2O3S/c1-13-9-10-16-18(12-13)29-23(25-21(26)17-8-5-11-28-17)19(16)22(27)24-20-14(2)6-4-7-15(20)3/h4-8,11,13H,9-10,12H2,1-3H3,(H,24,27)(H,25,26)/t13-/m1/s1. The Morgan fingerprint density at radius 3 is 2.52 bits per heavy atom. The summed E-state index contributed by atoms with van der Waals surface area (Å²) in [5, 5.41) is 6.58. The average Bonchev–Trinajstić information content (AvgIpc) is 3.32. The minimum atomic E-state index is -0.345. The lowest BCUT2D eigenvalue weighted by Gasteiger charge is -2.19. The Morgan fingerprint density at radius 1 is 1.07 bits per heavy atom. The predicted molar refractivity (Wildman–Crippen MR) is 116 cm³/mol. The Balaban J connectivity index is 1.70. The molecule has 2 aromatic heterocycles. The van der Waals surface area contributed by atoms with Gasteiger partial charge in [0.25, 0.3) is 11.8 Å². The highest BCUT2D eigenvalue weighted by atomic mass is 32.1. The number of thiophene rings is 1. The molecule has 2 N–H and O–H groups in total. The van der Waals surface area contributed by atoms with Gasteiger partial charge in [0.05, 0.1) is 11.8 Å².